The van der Waals surface area contributed by atoms with Crippen LogP contribution in [0, 0.1) is 0 Å². The summed E-state index contributed by atoms with van der Waals surface area (Å²) in [6, 6.07) is 3.44. The largest absolute Gasteiger partial charge is 0.417 e. The van der Waals surface area contributed by atoms with E-state index in [0.717, 1.165) is 18.9 Å². The Balaban J connectivity index is 2.79. The van der Waals surface area contributed by atoms with E-state index in [1.807, 2.05) is 6.92 Å². The lowest BCUT2D eigenvalue weighted by molar-refractivity contribution is -0.138. The quantitative estimate of drug-likeness (QED) is 0.688. The van der Waals surface area contributed by atoms with E-state index in [9.17, 15) is 18.0 Å². The molecule has 20 heavy (non-hydrogen) atoms. The number of rotatable bonds is 5. The molecule has 0 aliphatic rings. The molecule has 1 aromatic carbocycles. The van der Waals surface area contributed by atoms with Gasteiger partial charge in [-0.2, -0.15) is 13.2 Å². The topological polar surface area (TPSA) is 29.1 Å². The fraction of sp³-hybridized carbons (Fsp3) is 0.462. The molecule has 1 N–H and O–H groups in total. The fourth-order valence-electron chi connectivity index (χ4n) is 1.60. The molecule has 0 aliphatic heterocycles. The van der Waals surface area contributed by atoms with Crippen molar-refractivity contribution in [3.8, 4) is 0 Å². The van der Waals surface area contributed by atoms with E-state index in [1.165, 1.54) is 12.1 Å². The van der Waals surface area contributed by atoms with Crippen LogP contribution in [0.5, 0.6) is 0 Å². The van der Waals surface area contributed by atoms with Crippen LogP contribution in [0.4, 0.5) is 13.2 Å². The van der Waals surface area contributed by atoms with Crippen LogP contribution in [0.3, 0.4) is 0 Å². The molecule has 7 heteroatoms. The Morgan fingerprint density at radius 2 is 2.05 bits per heavy atom. The van der Waals surface area contributed by atoms with Gasteiger partial charge >= 0.3 is 6.18 Å². The van der Waals surface area contributed by atoms with E-state index >= 15 is 0 Å². The molecule has 0 saturated heterocycles. The van der Waals surface area contributed by atoms with Crippen molar-refractivity contribution in [3.05, 3.63) is 33.8 Å². The van der Waals surface area contributed by atoms with Gasteiger partial charge in [0.15, 0.2) is 0 Å². The first kappa shape index (κ1) is 17.5. The van der Waals surface area contributed by atoms with Gasteiger partial charge in [-0.3, -0.25) is 4.79 Å². The number of hydrogen-bond acceptors (Lipinski definition) is 1. The second kappa shape index (κ2) is 7.45. The molecule has 0 heterocycles. The van der Waals surface area contributed by atoms with Gasteiger partial charge in [0.1, 0.15) is 0 Å². The fourth-order valence-corrected chi connectivity index (χ4v) is 2.70. The number of alkyl halides is 4. The number of nitrogens with one attached hydrogen (secondary N) is 1. The van der Waals surface area contributed by atoms with E-state index in [0.29, 0.717) is 6.54 Å². The molecule has 0 radical (unpaired) electrons. The number of carbonyl (C=O) groups excluding carboxylic acids is 1. The molecular weight excluding hydrogens is 403 g/mol. The lowest BCUT2D eigenvalue weighted by Crippen LogP contribution is -2.29. The summed E-state index contributed by atoms with van der Waals surface area (Å²) in [4.78, 5) is 11.9. The minimum Gasteiger partial charge on any atom is -0.351 e. The van der Waals surface area contributed by atoms with Crippen LogP contribution in [0.15, 0.2) is 22.7 Å². The zero-order chi connectivity index (χ0) is 15.3. The van der Waals surface area contributed by atoms with Crippen molar-refractivity contribution in [2.24, 2.45) is 0 Å². The number of benzene rings is 1. The van der Waals surface area contributed by atoms with E-state index < -0.39 is 17.6 Å². The highest BCUT2D eigenvalue weighted by molar-refractivity contribution is 9.10. The van der Waals surface area contributed by atoms with Gasteiger partial charge in [-0.25, -0.2) is 0 Å². The first-order chi connectivity index (χ1) is 9.25. The summed E-state index contributed by atoms with van der Waals surface area (Å²) in [6.07, 6.45) is -2.65. The minimum atomic E-state index is -4.49. The summed E-state index contributed by atoms with van der Waals surface area (Å²) >= 11 is 6.23. The second-order valence-corrected chi connectivity index (χ2v) is 6.44. The van der Waals surface area contributed by atoms with E-state index in [-0.39, 0.29) is 14.9 Å². The smallest absolute Gasteiger partial charge is 0.351 e. The molecule has 1 atom stereocenters. The Morgan fingerprint density at radius 1 is 1.40 bits per heavy atom. The number of halogens is 5. The molecule has 0 aromatic heterocycles. The first-order valence-electron chi connectivity index (χ1n) is 6.04. The van der Waals surface area contributed by atoms with Crippen LogP contribution in [0.25, 0.3) is 0 Å². The first-order valence-corrected chi connectivity index (χ1v) is 7.75. The Kier molecular flexibility index (Phi) is 6.51. The minimum absolute atomic E-state index is 0.00303. The summed E-state index contributed by atoms with van der Waals surface area (Å²) in [5, 5.41) is 2.61. The van der Waals surface area contributed by atoms with Gasteiger partial charge in [0, 0.05) is 21.4 Å². The van der Waals surface area contributed by atoms with Crippen LogP contribution in [0.2, 0.25) is 0 Å². The molecule has 1 amide bonds. The van der Waals surface area contributed by atoms with Gasteiger partial charge in [0.2, 0.25) is 0 Å². The van der Waals surface area contributed by atoms with Crippen LogP contribution >= 0.6 is 31.9 Å². The molecule has 0 spiro atoms. The van der Waals surface area contributed by atoms with Gasteiger partial charge < -0.3 is 5.32 Å². The maximum absolute atomic E-state index is 12.7. The molecule has 0 saturated carbocycles. The van der Waals surface area contributed by atoms with Gasteiger partial charge in [0.25, 0.3) is 5.91 Å². The molecule has 0 bridgehead atoms. The predicted molar refractivity (Wildman–Crippen MR) is 79.1 cm³/mol. The van der Waals surface area contributed by atoms with Crippen molar-refractivity contribution in [2.45, 2.75) is 30.8 Å². The van der Waals surface area contributed by atoms with Crippen molar-refractivity contribution in [3.63, 3.8) is 0 Å². The highest BCUT2D eigenvalue weighted by atomic mass is 79.9. The van der Waals surface area contributed by atoms with Gasteiger partial charge in [0.05, 0.1) is 5.56 Å². The van der Waals surface area contributed by atoms with E-state index in [2.05, 4.69) is 37.2 Å². The molecule has 2 nitrogen and oxygen atoms in total. The average molecular weight is 417 g/mol. The van der Waals surface area contributed by atoms with Crippen LogP contribution in [0.1, 0.15) is 35.7 Å². The summed E-state index contributed by atoms with van der Waals surface area (Å²) in [7, 11) is 0. The average Bonchev–Trinajstić information content (AvgIpc) is 2.35. The van der Waals surface area contributed by atoms with Gasteiger partial charge in [-0.1, -0.05) is 45.2 Å². The SMILES string of the molecule is CCCC(Br)CNC(=O)c1ccc(Br)c(C(F)(F)F)c1. The third kappa shape index (κ3) is 5.09. The molecule has 1 rings (SSSR count). The number of amides is 1. The van der Waals surface area contributed by atoms with Crippen molar-refractivity contribution < 1.29 is 18.0 Å². The number of carbonyl (C=O) groups is 1. The Hall–Kier alpha value is -0.560. The zero-order valence-electron chi connectivity index (χ0n) is 10.7. The molecule has 112 valence electrons. The summed E-state index contributed by atoms with van der Waals surface area (Å²) in [6.45, 7) is 2.39. The lowest BCUT2D eigenvalue weighted by Gasteiger charge is -2.13. The van der Waals surface area contributed by atoms with Crippen molar-refractivity contribution in [1.82, 2.24) is 5.32 Å². The van der Waals surface area contributed by atoms with Crippen LogP contribution < -0.4 is 5.32 Å². The van der Waals surface area contributed by atoms with Gasteiger partial charge in [-0.05, 0) is 24.6 Å². The van der Waals surface area contributed by atoms with Crippen LogP contribution in [-0.2, 0) is 6.18 Å². The highest BCUT2D eigenvalue weighted by Crippen LogP contribution is 2.35. The normalized spacial score (nSPS) is 13.1. The molecule has 0 fully saturated rings. The maximum atomic E-state index is 12.7. The van der Waals surface area contributed by atoms with E-state index in [4.69, 9.17) is 0 Å². The van der Waals surface area contributed by atoms with Crippen LogP contribution in [-0.4, -0.2) is 17.3 Å². The lowest BCUT2D eigenvalue weighted by atomic mass is 10.1. The van der Waals surface area contributed by atoms with Crippen molar-refractivity contribution >= 4 is 37.8 Å². The highest BCUT2D eigenvalue weighted by Gasteiger charge is 2.33. The monoisotopic (exact) mass is 415 g/mol. The standard InChI is InChI=1S/C13H14Br2F3NO/c1-2-3-9(14)7-19-12(20)8-4-5-11(15)10(6-8)13(16,17)18/h4-6,9H,2-3,7H2,1H3,(H,19,20). The zero-order valence-corrected chi connectivity index (χ0v) is 13.9. The molecule has 1 unspecified atom stereocenters. The molecule has 0 aliphatic carbocycles. The Morgan fingerprint density at radius 3 is 2.60 bits per heavy atom. The van der Waals surface area contributed by atoms with Gasteiger partial charge in [-0.15, -0.1) is 0 Å². The summed E-state index contributed by atoms with van der Waals surface area (Å²) in [5.74, 6) is -0.511. The Bertz CT molecular complexity index is 477. The maximum Gasteiger partial charge on any atom is 0.417 e. The molecular formula is C13H14Br2F3NO. The van der Waals surface area contributed by atoms with E-state index in [1.54, 1.807) is 0 Å². The summed E-state index contributed by atoms with van der Waals surface area (Å²) < 4.78 is 38.1. The third-order valence-electron chi connectivity index (χ3n) is 2.62. The third-order valence-corrected chi connectivity index (χ3v) is 4.09. The number of hydrogen-bond donors (Lipinski definition) is 1. The second-order valence-electron chi connectivity index (χ2n) is 4.29. The Labute approximate surface area is 132 Å². The summed E-state index contributed by atoms with van der Waals surface area (Å²) in [5.41, 5.74) is -0.856. The van der Waals surface area contributed by atoms with Crippen molar-refractivity contribution in [1.29, 1.82) is 0 Å². The predicted octanol–water partition coefficient (Wildman–Crippen LogP) is 4.76. The van der Waals surface area contributed by atoms with Crippen molar-refractivity contribution in [2.75, 3.05) is 6.54 Å². The molecule has 1 aromatic rings.